The maximum Gasteiger partial charge on any atom is 0.254 e. The van der Waals surface area contributed by atoms with E-state index < -0.39 is 0 Å². The molecule has 224 valence electrons. The number of rotatable bonds is 11. The molecule has 3 unspecified atom stereocenters. The molecule has 5 rings (SSSR count). The Labute approximate surface area is 256 Å². The topological polar surface area (TPSA) is 57.7 Å². The second-order valence-corrected chi connectivity index (χ2v) is 14.6. The highest BCUT2D eigenvalue weighted by Gasteiger charge is 2.47. The number of carbonyl (C=O) groups is 3. The molecule has 4 atom stereocenters. The van der Waals surface area contributed by atoms with Crippen molar-refractivity contribution in [3.63, 3.8) is 0 Å². The average molecular weight is 587 g/mol. The van der Waals surface area contributed by atoms with Crippen molar-refractivity contribution in [3.8, 4) is 0 Å². The Bertz CT molecular complexity index is 1230. The highest BCUT2D eigenvalue weighted by molar-refractivity contribution is 7.99. The van der Waals surface area contributed by atoms with Crippen LogP contribution in [0, 0.1) is 23.2 Å². The van der Waals surface area contributed by atoms with Gasteiger partial charge in [-0.25, -0.2) is 0 Å². The maximum atomic E-state index is 14.2. The first-order valence-electron chi connectivity index (χ1n) is 15.7. The minimum absolute atomic E-state index is 0.102. The van der Waals surface area contributed by atoms with Gasteiger partial charge in [0.15, 0.2) is 0 Å². The van der Waals surface area contributed by atoms with E-state index in [1.165, 1.54) is 65.6 Å². The normalized spacial score (nSPS) is 23.6. The van der Waals surface area contributed by atoms with Crippen LogP contribution in [0.15, 0.2) is 72.8 Å². The first-order valence-corrected chi connectivity index (χ1v) is 16.9. The lowest BCUT2D eigenvalue weighted by Crippen LogP contribution is -2.54. The largest absolute Gasteiger partial charge is 0.338 e. The summed E-state index contributed by atoms with van der Waals surface area (Å²) in [5.41, 5.74) is 2.67. The molecule has 6 heteroatoms. The predicted octanol–water partition coefficient (Wildman–Crippen LogP) is 7.09. The van der Waals surface area contributed by atoms with Gasteiger partial charge in [0.1, 0.15) is 0 Å². The third-order valence-electron chi connectivity index (χ3n) is 9.59. The predicted molar refractivity (Wildman–Crippen MR) is 171 cm³/mol. The SMILES string of the molecule is CC(C)(C)[C@H](C1CC(c2ccccc2)CC1Cc1ccccc1)N(CC1CCCC1)C(=O)CSCN1C(=O)C=CC1=O. The van der Waals surface area contributed by atoms with Crippen molar-refractivity contribution in [1.82, 2.24) is 9.80 Å². The molecule has 2 saturated carbocycles. The van der Waals surface area contributed by atoms with Crippen LogP contribution in [0.3, 0.4) is 0 Å². The average Bonchev–Trinajstić information content (AvgIpc) is 3.71. The number of imide groups is 1. The third kappa shape index (κ3) is 7.37. The number of thioether (sulfide) groups is 1. The van der Waals surface area contributed by atoms with Gasteiger partial charge in [-0.1, -0.05) is 94.3 Å². The quantitative estimate of drug-likeness (QED) is 0.264. The van der Waals surface area contributed by atoms with E-state index in [4.69, 9.17) is 0 Å². The van der Waals surface area contributed by atoms with Gasteiger partial charge in [-0.2, -0.15) is 0 Å². The van der Waals surface area contributed by atoms with Gasteiger partial charge >= 0.3 is 0 Å². The summed E-state index contributed by atoms with van der Waals surface area (Å²) in [7, 11) is 0. The van der Waals surface area contributed by atoms with Crippen LogP contribution in [0.25, 0.3) is 0 Å². The van der Waals surface area contributed by atoms with Crippen molar-refractivity contribution in [3.05, 3.63) is 83.9 Å². The van der Waals surface area contributed by atoms with Crippen molar-refractivity contribution in [2.24, 2.45) is 23.2 Å². The number of hydrogen-bond donors (Lipinski definition) is 0. The standard InChI is InChI=1S/C36H46N2O3S/c1-36(2,3)35(31-22-29(28-16-8-5-9-17-28)21-30(31)20-26-12-6-4-7-13-26)37(23-27-14-10-11-15-27)34(41)24-42-25-38-32(39)18-19-33(38)40/h4-9,12-13,16-19,27,29-31,35H,10-11,14-15,20-25H2,1-3H3/t29?,30?,31?,35-/m0/s1. The van der Waals surface area contributed by atoms with Gasteiger partial charge in [0.25, 0.3) is 11.8 Å². The van der Waals surface area contributed by atoms with E-state index in [1.54, 1.807) is 0 Å². The van der Waals surface area contributed by atoms with Crippen molar-refractivity contribution >= 4 is 29.5 Å². The molecule has 1 heterocycles. The lowest BCUT2D eigenvalue weighted by Gasteiger charge is -2.47. The van der Waals surface area contributed by atoms with Crippen LogP contribution in [0.1, 0.15) is 76.3 Å². The minimum Gasteiger partial charge on any atom is -0.338 e. The molecule has 0 N–H and O–H groups in total. The van der Waals surface area contributed by atoms with Gasteiger partial charge in [-0.05, 0) is 72.3 Å². The van der Waals surface area contributed by atoms with Crippen LogP contribution < -0.4 is 0 Å². The van der Waals surface area contributed by atoms with E-state index >= 15 is 0 Å². The van der Waals surface area contributed by atoms with E-state index in [0.717, 1.165) is 25.8 Å². The van der Waals surface area contributed by atoms with Crippen molar-refractivity contribution in [2.75, 3.05) is 18.2 Å². The van der Waals surface area contributed by atoms with Crippen LogP contribution >= 0.6 is 11.8 Å². The van der Waals surface area contributed by atoms with Gasteiger partial charge in [0.05, 0.1) is 11.6 Å². The molecule has 3 amide bonds. The zero-order valence-corrected chi connectivity index (χ0v) is 26.2. The number of nitrogens with zero attached hydrogens (tertiary/aromatic N) is 2. The fourth-order valence-electron chi connectivity index (χ4n) is 7.74. The van der Waals surface area contributed by atoms with Crippen LogP contribution in [-0.4, -0.2) is 51.7 Å². The molecule has 0 aromatic heterocycles. The lowest BCUT2D eigenvalue weighted by atomic mass is 9.72. The molecule has 0 spiro atoms. The zero-order valence-electron chi connectivity index (χ0n) is 25.4. The summed E-state index contributed by atoms with van der Waals surface area (Å²) in [5.74, 6) is 1.89. The fourth-order valence-corrected chi connectivity index (χ4v) is 8.61. The van der Waals surface area contributed by atoms with Gasteiger partial charge < -0.3 is 4.90 Å². The molecule has 0 bridgehead atoms. The fraction of sp³-hybridized carbons (Fsp3) is 0.528. The van der Waals surface area contributed by atoms with Crippen molar-refractivity contribution < 1.29 is 14.4 Å². The van der Waals surface area contributed by atoms with Gasteiger partial charge in [-0.3, -0.25) is 19.3 Å². The number of amides is 3. The summed E-state index contributed by atoms with van der Waals surface area (Å²) in [4.78, 5) is 41.9. The van der Waals surface area contributed by atoms with Gasteiger partial charge in [-0.15, -0.1) is 11.8 Å². The molecule has 2 aromatic rings. The summed E-state index contributed by atoms with van der Waals surface area (Å²) in [6.45, 7) is 7.72. The van der Waals surface area contributed by atoms with Crippen molar-refractivity contribution in [1.29, 1.82) is 0 Å². The zero-order chi connectivity index (χ0) is 29.7. The first-order chi connectivity index (χ1) is 20.2. The molecular formula is C36H46N2O3S. The molecule has 2 aliphatic carbocycles. The molecular weight excluding hydrogens is 540 g/mol. The maximum absolute atomic E-state index is 14.2. The smallest absolute Gasteiger partial charge is 0.254 e. The molecule has 0 radical (unpaired) electrons. The minimum atomic E-state index is -0.294. The van der Waals surface area contributed by atoms with Crippen LogP contribution in [0.5, 0.6) is 0 Å². The first kappa shape index (κ1) is 30.6. The summed E-state index contributed by atoms with van der Waals surface area (Å²) < 4.78 is 0. The van der Waals surface area contributed by atoms with Crippen LogP contribution in [0.2, 0.25) is 0 Å². The van der Waals surface area contributed by atoms with E-state index in [-0.39, 0.29) is 40.8 Å². The molecule has 1 aliphatic heterocycles. The molecule has 0 saturated heterocycles. The second kappa shape index (κ2) is 13.6. The number of benzene rings is 2. The van der Waals surface area contributed by atoms with E-state index in [1.807, 2.05) is 0 Å². The highest BCUT2D eigenvalue weighted by Crippen LogP contribution is 2.50. The Kier molecular flexibility index (Phi) is 9.92. The molecule has 3 aliphatic rings. The summed E-state index contributed by atoms with van der Waals surface area (Å²) in [6, 6.07) is 21.9. The summed E-state index contributed by atoms with van der Waals surface area (Å²) in [5, 5.41) is 0. The number of hydrogen-bond acceptors (Lipinski definition) is 4. The van der Waals surface area contributed by atoms with Gasteiger partial charge in [0, 0.05) is 24.7 Å². The van der Waals surface area contributed by atoms with Crippen molar-refractivity contribution in [2.45, 2.75) is 77.7 Å². The molecule has 2 fully saturated rings. The summed E-state index contributed by atoms with van der Waals surface area (Å²) >= 11 is 1.38. The summed E-state index contributed by atoms with van der Waals surface area (Å²) in [6.07, 6.45) is 10.7. The molecule has 42 heavy (non-hydrogen) atoms. The Morgan fingerprint density at radius 1 is 0.929 bits per heavy atom. The van der Waals surface area contributed by atoms with Gasteiger partial charge in [0.2, 0.25) is 5.91 Å². The van der Waals surface area contributed by atoms with Crippen LogP contribution in [-0.2, 0) is 20.8 Å². The Morgan fingerprint density at radius 3 is 2.17 bits per heavy atom. The van der Waals surface area contributed by atoms with Crippen LogP contribution in [0.4, 0.5) is 0 Å². The Hall–Kier alpha value is -2.86. The molecule has 2 aromatic carbocycles. The molecule has 5 nitrogen and oxygen atoms in total. The lowest BCUT2D eigenvalue weighted by molar-refractivity contribution is -0.137. The van der Waals surface area contributed by atoms with E-state index in [9.17, 15) is 14.4 Å². The Morgan fingerprint density at radius 2 is 1.55 bits per heavy atom. The van der Waals surface area contributed by atoms with E-state index in [0.29, 0.717) is 23.7 Å². The second-order valence-electron chi connectivity index (χ2n) is 13.6. The number of carbonyl (C=O) groups excluding carboxylic acids is 3. The highest BCUT2D eigenvalue weighted by atomic mass is 32.2. The third-order valence-corrected chi connectivity index (χ3v) is 10.5. The monoisotopic (exact) mass is 586 g/mol. The van der Waals surface area contributed by atoms with E-state index in [2.05, 4.69) is 86.3 Å². The Balaban J connectivity index is 1.42.